The second kappa shape index (κ2) is 12.4. The first kappa shape index (κ1) is 34.1. The van der Waals surface area contributed by atoms with E-state index in [2.05, 4.69) is 4.98 Å². The third-order valence-corrected chi connectivity index (χ3v) is 10.7. The summed E-state index contributed by atoms with van der Waals surface area (Å²) in [7, 11) is 0. The van der Waals surface area contributed by atoms with Crippen molar-refractivity contribution in [2.45, 2.75) is 110 Å². The number of hydrogen-bond donors (Lipinski definition) is 0. The average molecular weight is 654 g/mol. The number of fused-ring (bicyclic) bond motifs is 4. The molecule has 2 saturated carbocycles. The summed E-state index contributed by atoms with van der Waals surface area (Å²) < 4.78 is 36.6. The van der Waals surface area contributed by atoms with Crippen LogP contribution in [0.15, 0.2) is 39.8 Å². The van der Waals surface area contributed by atoms with E-state index in [0.29, 0.717) is 24.8 Å². The number of rotatable bonds is 8. The maximum absolute atomic E-state index is 13.7. The third-order valence-electron chi connectivity index (χ3n) is 10.7. The molecule has 12 heteroatoms. The first-order valence-corrected chi connectivity index (χ1v) is 16.1. The van der Waals surface area contributed by atoms with Crippen molar-refractivity contribution < 1.29 is 47.3 Å². The van der Waals surface area contributed by atoms with E-state index in [9.17, 15) is 24.0 Å². The second-order valence-electron chi connectivity index (χ2n) is 13.6. The van der Waals surface area contributed by atoms with Crippen LogP contribution in [0.4, 0.5) is 0 Å². The second-order valence-corrected chi connectivity index (χ2v) is 13.6. The standard InChI is InChI=1S/C35H43NO11/c1-8-10-30(40)42-19-32(5)27-16-29(44-21(3)38)34(7)35(46-22(4)39,33(27,6)13-12-28(32)43-20(2)37)17-24-26(47-34)15-25(45-31(24)41)23-11-9-14-36-18-23/h9,11,14-15,18,27-29H,8,10,12-13,16-17,19H2,1-7H3/t27-,28-,29-,32-,33-,34+,35-/m0/s1. The number of pyridine rings is 1. The highest BCUT2D eigenvalue weighted by molar-refractivity contribution is 5.70. The lowest BCUT2D eigenvalue weighted by molar-refractivity contribution is -0.319. The van der Waals surface area contributed by atoms with E-state index in [1.165, 1.54) is 20.8 Å². The molecule has 0 saturated heterocycles. The van der Waals surface area contributed by atoms with Gasteiger partial charge in [0.2, 0.25) is 0 Å². The van der Waals surface area contributed by atoms with Crippen LogP contribution in [0, 0.1) is 16.7 Å². The molecule has 2 aliphatic carbocycles. The van der Waals surface area contributed by atoms with E-state index in [1.807, 2.05) is 20.8 Å². The molecule has 2 fully saturated rings. The molecule has 7 atom stereocenters. The normalized spacial score (nSPS) is 32.4. The van der Waals surface area contributed by atoms with Crippen LogP contribution in [0.25, 0.3) is 11.3 Å². The van der Waals surface area contributed by atoms with Crippen LogP contribution in [-0.2, 0) is 44.5 Å². The van der Waals surface area contributed by atoms with Crippen LogP contribution in [-0.4, -0.2) is 58.9 Å². The summed E-state index contributed by atoms with van der Waals surface area (Å²) in [5.74, 6) is -2.17. The van der Waals surface area contributed by atoms with E-state index < -0.39 is 69.7 Å². The van der Waals surface area contributed by atoms with E-state index in [0.717, 1.165) is 0 Å². The van der Waals surface area contributed by atoms with Crippen molar-refractivity contribution in [1.29, 1.82) is 0 Å². The lowest BCUT2D eigenvalue weighted by Gasteiger charge is -2.69. The molecule has 0 unspecified atom stereocenters. The number of carbonyl (C=O) groups is 4. The molecule has 0 amide bonds. The van der Waals surface area contributed by atoms with E-state index in [4.69, 9.17) is 28.1 Å². The minimum Gasteiger partial charge on any atom is -0.479 e. The van der Waals surface area contributed by atoms with Crippen molar-refractivity contribution in [3.8, 4) is 17.1 Å². The molecular formula is C35H43NO11. The molecule has 0 bridgehead atoms. The molecule has 1 aliphatic heterocycles. The van der Waals surface area contributed by atoms with Crippen molar-refractivity contribution in [1.82, 2.24) is 4.98 Å². The molecule has 254 valence electrons. The average Bonchev–Trinajstić information content (AvgIpc) is 2.99. The van der Waals surface area contributed by atoms with Crippen molar-refractivity contribution in [2.75, 3.05) is 6.61 Å². The highest BCUT2D eigenvalue weighted by atomic mass is 16.6. The van der Waals surface area contributed by atoms with E-state index >= 15 is 0 Å². The Morgan fingerprint density at radius 1 is 1.02 bits per heavy atom. The van der Waals surface area contributed by atoms with Crippen LogP contribution in [0.5, 0.6) is 5.75 Å². The Morgan fingerprint density at radius 2 is 1.72 bits per heavy atom. The smallest absolute Gasteiger partial charge is 0.343 e. The maximum atomic E-state index is 13.7. The summed E-state index contributed by atoms with van der Waals surface area (Å²) in [6, 6.07) is 5.06. The van der Waals surface area contributed by atoms with Crippen molar-refractivity contribution in [3.63, 3.8) is 0 Å². The predicted octanol–water partition coefficient (Wildman–Crippen LogP) is 4.73. The van der Waals surface area contributed by atoms with Crippen molar-refractivity contribution >= 4 is 23.9 Å². The number of carbonyl (C=O) groups excluding carboxylic acids is 4. The Kier molecular flexibility index (Phi) is 9.02. The Hall–Kier alpha value is -4.22. The summed E-state index contributed by atoms with van der Waals surface area (Å²) in [4.78, 5) is 68.7. The summed E-state index contributed by atoms with van der Waals surface area (Å²) >= 11 is 0. The van der Waals surface area contributed by atoms with Gasteiger partial charge in [-0.05, 0) is 50.7 Å². The topological polar surface area (TPSA) is 158 Å². The minimum absolute atomic E-state index is 0.0995. The molecule has 3 heterocycles. The van der Waals surface area contributed by atoms with Gasteiger partial charge in [-0.25, -0.2) is 4.79 Å². The fourth-order valence-electron chi connectivity index (χ4n) is 8.53. The van der Waals surface area contributed by atoms with Gasteiger partial charge in [-0.3, -0.25) is 24.2 Å². The lowest BCUT2D eigenvalue weighted by Crippen LogP contribution is -2.81. The van der Waals surface area contributed by atoms with E-state index in [-0.39, 0.29) is 42.9 Å². The van der Waals surface area contributed by atoms with Gasteiger partial charge in [0.1, 0.15) is 30.3 Å². The summed E-state index contributed by atoms with van der Waals surface area (Å²) in [6.07, 6.45) is 3.09. The third kappa shape index (κ3) is 5.69. The van der Waals surface area contributed by atoms with Crippen LogP contribution in [0.2, 0.25) is 0 Å². The zero-order valence-corrected chi connectivity index (χ0v) is 28.0. The zero-order chi connectivity index (χ0) is 34.4. The molecule has 3 aliphatic rings. The molecule has 12 nitrogen and oxygen atoms in total. The monoisotopic (exact) mass is 653 g/mol. The Balaban J connectivity index is 1.72. The molecule has 2 aromatic heterocycles. The molecule has 0 aromatic carbocycles. The highest BCUT2D eigenvalue weighted by Gasteiger charge is 2.78. The number of nitrogens with zero attached hydrogens (tertiary/aromatic N) is 1. The number of esters is 4. The van der Waals surface area contributed by atoms with Gasteiger partial charge in [0.25, 0.3) is 0 Å². The maximum Gasteiger partial charge on any atom is 0.343 e. The summed E-state index contributed by atoms with van der Waals surface area (Å²) in [5.41, 5.74) is -5.00. The van der Waals surface area contributed by atoms with Gasteiger partial charge in [-0.1, -0.05) is 20.8 Å². The minimum atomic E-state index is -1.58. The number of hydrogen-bond acceptors (Lipinski definition) is 12. The summed E-state index contributed by atoms with van der Waals surface area (Å²) in [5, 5.41) is 0. The lowest BCUT2D eigenvalue weighted by atomic mass is 9.41. The molecule has 0 spiro atoms. The van der Waals surface area contributed by atoms with Crippen LogP contribution < -0.4 is 10.4 Å². The molecule has 47 heavy (non-hydrogen) atoms. The first-order chi connectivity index (χ1) is 22.1. The molecule has 0 radical (unpaired) electrons. The van der Waals surface area contributed by atoms with Gasteiger partial charge in [-0.15, -0.1) is 0 Å². The highest BCUT2D eigenvalue weighted by Crippen LogP contribution is 2.68. The van der Waals surface area contributed by atoms with Crippen LogP contribution >= 0.6 is 0 Å². The van der Waals surface area contributed by atoms with Crippen molar-refractivity contribution in [2.24, 2.45) is 16.7 Å². The molecular weight excluding hydrogens is 610 g/mol. The number of ether oxygens (including phenoxy) is 5. The van der Waals surface area contributed by atoms with Gasteiger partial charge in [-0.2, -0.15) is 0 Å². The first-order valence-electron chi connectivity index (χ1n) is 16.1. The quantitative estimate of drug-likeness (QED) is 0.285. The van der Waals surface area contributed by atoms with E-state index in [1.54, 1.807) is 37.5 Å². The molecule has 2 aromatic rings. The summed E-state index contributed by atoms with van der Waals surface area (Å²) in [6.45, 7) is 11.2. The molecule has 0 N–H and O–H groups in total. The van der Waals surface area contributed by atoms with Gasteiger partial charge in [0, 0.05) is 68.5 Å². The Morgan fingerprint density at radius 3 is 2.34 bits per heavy atom. The van der Waals surface area contributed by atoms with Crippen LogP contribution in [0.1, 0.15) is 86.1 Å². The van der Waals surface area contributed by atoms with Gasteiger partial charge in [0.15, 0.2) is 11.2 Å². The molecule has 5 rings (SSSR count). The zero-order valence-electron chi connectivity index (χ0n) is 28.0. The SMILES string of the molecule is CCCC(=O)OC[C@]1(C)[C@@H](OC(C)=O)CC[C@@]2(C)[C@H]1C[C@H](OC(C)=O)[C@@]1(C)Oc3cc(-c4cccnc4)oc(=O)c3C[C@]21OC(C)=O. The Bertz CT molecular complexity index is 1620. The largest absolute Gasteiger partial charge is 0.479 e. The van der Waals surface area contributed by atoms with Gasteiger partial charge >= 0.3 is 29.5 Å². The van der Waals surface area contributed by atoms with Gasteiger partial charge < -0.3 is 28.1 Å². The van der Waals surface area contributed by atoms with Crippen LogP contribution in [0.3, 0.4) is 0 Å². The van der Waals surface area contributed by atoms with Gasteiger partial charge in [0.05, 0.1) is 5.56 Å². The number of aromatic nitrogens is 1. The fraction of sp³-hybridized carbons (Fsp3) is 0.600. The Labute approximate surface area is 273 Å². The van der Waals surface area contributed by atoms with Crippen molar-refractivity contribution in [3.05, 3.63) is 46.6 Å². The predicted molar refractivity (Wildman–Crippen MR) is 166 cm³/mol. The fourth-order valence-corrected chi connectivity index (χ4v) is 8.53.